The van der Waals surface area contributed by atoms with Gasteiger partial charge in [0.05, 0.1) is 19.8 Å². The van der Waals surface area contributed by atoms with Crippen molar-refractivity contribution in [3.8, 4) is 16.9 Å². The van der Waals surface area contributed by atoms with Gasteiger partial charge in [0.2, 0.25) is 6.29 Å². The number of nitrogens with zero attached hydrogens (tertiary/aromatic N) is 3. The molecule has 2 amide bonds. The summed E-state index contributed by atoms with van der Waals surface area (Å²) in [6.07, 6.45) is 1.95. The summed E-state index contributed by atoms with van der Waals surface area (Å²) in [5.41, 5.74) is 3.29. The number of carbonyl (C=O) groups excluding carboxylic acids is 1. The molecule has 174 valence electrons. The predicted octanol–water partition coefficient (Wildman–Crippen LogP) is 2.85. The molecular formula is C24H27N3O6. The summed E-state index contributed by atoms with van der Waals surface area (Å²) >= 11 is 0. The molecule has 3 aliphatic heterocycles. The summed E-state index contributed by atoms with van der Waals surface area (Å²) in [5, 5.41) is 9.12. The number of pyridine rings is 1. The number of benzene rings is 1. The largest absolute Gasteiger partial charge is 0.465 e. The molecule has 2 saturated heterocycles. The highest BCUT2D eigenvalue weighted by atomic mass is 16.7. The van der Waals surface area contributed by atoms with Gasteiger partial charge in [0.15, 0.2) is 0 Å². The highest BCUT2D eigenvalue weighted by Crippen LogP contribution is 2.35. The van der Waals surface area contributed by atoms with Gasteiger partial charge in [0, 0.05) is 49.4 Å². The summed E-state index contributed by atoms with van der Waals surface area (Å²) in [7, 11) is 0. The van der Waals surface area contributed by atoms with E-state index in [1.54, 1.807) is 17.2 Å². The highest BCUT2D eigenvalue weighted by Gasteiger charge is 2.33. The molecule has 0 spiro atoms. The summed E-state index contributed by atoms with van der Waals surface area (Å²) in [4.78, 5) is 31.3. The molecule has 0 saturated carbocycles. The van der Waals surface area contributed by atoms with Crippen molar-refractivity contribution in [3.63, 3.8) is 0 Å². The van der Waals surface area contributed by atoms with E-state index < -0.39 is 6.09 Å². The molecule has 1 unspecified atom stereocenters. The summed E-state index contributed by atoms with van der Waals surface area (Å²) in [6.45, 7) is 3.75. The Labute approximate surface area is 191 Å². The lowest BCUT2D eigenvalue weighted by Crippen LogP contribution is -2.43. The van der Waals surface area contributed by atoms with Crippen molar-refractivity contribution in [2.24, 2.45) is 5.92 Å². The molecule has 1 aromatic heterocycles. The molecule has 5 rings (SSSR count). The van der Waals surface area contributed by atoms with Crippen molar-refractivity contribution >= 4 is 12.0 Å². The van der Waals surface area contributed by atoms with Gasteiger partial charge in [-0.15, -0.1) is 0 Å². The second-order valence-corrected chi connectivity index (χ2v) is 8.56. The van der Waals surface area contributed by atoms with Crippen LogP contribution in [-0.4, -0.2) is 77.6 Å². The molecule has 0 aliphatic carbocycles. The number of hydrogen-bond acceptors (Lipinski definition) is 6. The minimum atomic E-state index is -0.871. The van der Waals surface area contributed by atoms with E-state index in [0.717, 1.165) is 35.3 Å². The van der Waals surface area contributed by atoms with Crippen molar-refractivity contribution in [1.29, 1.82) is 0 Å². The number of hydrogen-bond donors (Lipinski definition) is 1. The first-order chi connectivity index (χ1) is 16.1. The van der Waals surface area contributed by atoms with Crippen LogP contribution in [0.1, 0.15) is 28.9 Å². The van der Waals surface area contributed by atoms with E-state index in [4.69, 9.17) is 19.3 Å². The first kappa shape index (κ1) is 21.7. The molecule has 1 atom stereocenters. The van der Waals surface area contributed by atoms with Crippen LogP contribution in [0.15, 0.2) is 36.5 Å². The summed E-state index contributed by atoms with van der Waals surface area (Å²) in [5.74, 6) is 0.897. The third-order valence-electron chi connectivity index (χ3n) is 6.52. The first-order valence-corrected chi connectivity index (χ1v) is 11.3. The van der Waals surface area contributed by atoms with Gasteiger partial charge in [-0.2, -0.15) is 0 Å². The topological polar surface area (TPSA) is 101 Å². The van der Waals surface area contributed by atoms with E-state index in [9.17, 15) is 9.59 Å². The van der Waals surface area contributed by atoms with Gasteiger partial charge < -0.3 is 29.1 Å². The van der Waals surface area contributed by atoms with Crippen LogP contribution in [0.5, 0.6) is 5.75 Å². The second-order valence-electron chi connectivity index (χ2n) is 8.56. The van der Waals surface area contributed by atoms with Crippen LogP contribution in [0, 0.1) is 5.92 Å². The lowest BCUT2D eigenvalue weighted by molar-refractivity contribution is -0.148. The van der Waals surface area contributed by atoms with Gasteiger partial charge >= 0.3 is 6.09 Å². The maximum Gasteiger partial charge on any atom is 0.407 e. The van der Waals surface area contributed by atoms with Crippen LogP contribution in [0.4, 0.5) is 4.79 Å². The van der Waals surface area contributed by atoms with Crippen molar-refractivity contribution < 1.29 is 28.9 Å². The summed E-state index contributed by atoms with van der Waals surface area (Å²) in [6, 6.07) is 9.62. The zero-order valence-electron chi connectivity index (χ0n) is 18.3. The molecule has 2 fully saturated rings. The Bertz CT molecular complexity index is 1010. The Balaban J connectivity index is 1.23. The van der Waals surface area contributed by atoms with Crippen molar-refractivity contribution in [1.82, 2.24) is 14.8 Å². The van der Waals surface area contributed by atoms with Crippen LogP contribution in [0.25, 0.3) is 11.1 Å². The third kappa shape index (κ3) is 4.65. The Morgan fingerprint density at radius 2 is 1.73 bits per heavy atom. The third-order valence-corrected chi connectivity index (χ3v) is 6.52. The molecule has 4 heterocycles. The minimum Gasteiger partial charge on any atom is -0.465 e. The molecule has 3 aliphatic rings. The predicted molar refractivity (Wildman–Crippen MR) is 118 cm³/mol. The van der Waals surface area contributed by atoms with E-state index in [2.05, 4.69) is 4.98 Å². The van der Waals surface area contributed by atoms with Gasteiger partial charge in [-0.3, -0.25) is 9.78 Å². The number of amides is 2. The number of carbonyl (C=O) groups is 2. The normalized spacial score (nSPS) is 21.3. The monoisotopic (exact) mass is 453 g/mol. The zero-order chi connectivity index (χ0) is 22.8. The Hall–Kier alpha value is -3.17. The SMILES string of the molecule is O=C(O)N1CCC(C2OCc3cc(-c4ccc(C(=O)N5CCOCC5)nc4)ccc3O2)CC1. The van der Waals surface area contributed by atoms with Crippen LogP contribution >= 0.6 is 0 Å². The number of fused-ring (bicyclic) bond motifs is 1. The standard InChI is InChI=1S/C24H27N3O6/c28-22(26-9-11-31-12-10-26)20-3-1-18(14-25-20)17-2-4-21-19(13-17)15-32-23(33-21)16-5-7-27(8-6-16)24(29)30/h1-4,13-14,16,23H,5-12,15H2,(H,29,30). The molecule has 0 bridgehead atoms. The Kier molecular flexibility index (Phi) is 6.15. The molecular weight excluding hydrogens is 426 g/mol. The summed E-state index contributed by atoms with van der Waals surface area (Å²) < 4.78 is 17.4. The van der Waals surface area contributed by atoms with Gasteiger partial charge in [-0.25, -0.2) is 4.79 Å². The molecule has 9 heteroatoms. The van der Waals surface area contributed by atoms with Crippen molar-refractivity contribution in [3.05, 3.63) is 47.8 Å². The van der Waals surface area contributed by atoms with Crippen molar-refractivity contribution in [2.75, 3.05) is 39.4 Å². The number of carboxylic acid groups (broad SMARTS) is 1. The Morgan fingerprint density at radius 3 is 2.42 bits per heavy atom. The lowest BCUT2D eigenvalue weighted by atomic mass is 9.95. The molecule has 1 aromatic carbocycles. The zero-order valence-corrected chi connectivity index (χ0v) is 18.3. The second kappa shape index (κ2) is 9.36. The van der Waals surface area contributed by atoms with E-state index in [1.807, 2.05) is 24.3 Å². The maximum absolute atomic E-state index is 12.6. The minimum absolute atomic E-state index is 0.0719. The average molecular weight is 453 g/mol. The van der Waals surface area contributed by atoms with Crippen LogP contribution in [0.3, 0.4) is 0 Å². The van der Waals surface area contributed by atoms with Crippen LogP contribution in [0.2, 0.25) is 0 Å². The quantitative estimate of drug-likeness (QED) is 0.763. The van der Waals surface area contributed by atoms with Crippen LogP contribution in [-0.2, 0) is 16.1 Å². The first-order valence-electron chi connectivity index (χ1n) is 11.3. The maximum atomic E-state index is 12.6. The highest BCUT2D eigenvalue weighted by molar-refractivity contribution is 5.92. The number of morpholine rings is 1. The Morgan fingerprint density at radius 1 is 0.970 bits per heavy atom. The van der Waals surface area contributed by atoms with Gasteiger partial charge in [0.25, 0.3) is 5.91 Å². The van der Waals surface area contributed by atoms with E-state index in [-0.39, 0.29) is 18.1 Å². The van der Waals surface area contributed by atoms with Gasteiger partial charge in [0.1, 0.15) is 11.4 Å². The fraction of sp³-hybridized carbons (Fsp3) is 0.458. The fourth-order valence-electron chi connectivity index (χ4n) is 4.53. The molecule has 9 nitrogen and oxygen atoms in total. The fourth-order valence-corrected chi connectivity index (χ4v) is 4.53. The van der Waals surface area contributed by atoms with Crippen LogP contribution < -0.4 is 4.74 Å². The molecule has 33 heavy (non-hydrogen) atoms. The van der Waals surface area contributed by atoms with E-state index >= 15 is 0 Å². The molecule has 2 aromatic rings. The number of ether oxygens (including phenoxy) is 3. The number of aromatic nitrogens is 1. The van der Waals surface area contributed by atoms with E-state index in [0.29, 0.717) is 51.7 Å². The van der Waals surface area contributed by atoms with Crippen molar-refractivity contribution in [2.45, 2.75) is 25.7 Å². The van der Waals surface area contributed by atoms with Gasteiger partial charge in [-0.1, -0.05) is 12.1 Å². The number of piperidine rings is 1. The van der Waals surface area contributed by atoms with E-state index in [1.165, 1.54) is 4.90 Å². The lowest BCUT2D eigenvalue weighted by Gasteiger charge is -2.36. The number of rotatable bonds is 3. The average Bonchev–Trinajstić information content (AvgIpc) is 2.88. The number of likely N-dealkylation sites (tertiary alicyclic amines) is 1. The molecule has 1 N–H and O–H groups in total. The molecule has 0 radical (unpaired) electrons. The van der Waals surface area contributed by atoms with Gasteiger partial charge in [-0.05, 0) is 36.6 Å². The smallest absolute Gasteiger partial charge is 0.407 e.